The smallest absolute Gasteiger partial charge is 0.265 e. The number of rotatable bonds is 5. The van der Waals surface area contributed by atoms with E-state index >= 15 is 0 Å². The monoisotopic (exact) mass is 304 g/mol. The van der Waals surface area contributed by atoms with Gasteiger partial charge in [-0.2, -0.15) is 0 Å². The molecule has 2 aromatic carbocycles. The Kier molecular flexibility index (Phi) is 4.78. The predicted molar refractivity (Wildman–Crippen MR) is 80.2 cm³/mol. The minimum Gasteiger partial charge on any atom is -0.497 e. The number of carbonyl (C=O) groups is 1. The summed E-state index contributed by atoms with van der Waals surface area (Å²) in [6, 6.07) is 13.1. The van der Waals surface area contributed by atoms with Gasteiger partial charge in [0.2, 0.25) is 0 Å². The third kappa shape index (κ3) is 4.22. The summed E-state index contributed by atoms with van der Waals surface area (Å²) in [6.45, 7) is 0. The van der Waals surface area contributed by atoms with Gasteiger partial charge in [0.15, 0.2) is 0 Å². The van der Waals surface area contributed by atoms with Gasteiger partial charge in [0.05, 0.1) is 12.0 Å². The zero-order valence-electron chi connectivity index (χ0n) is 11.1. The number of nitrogens with zero attached hydrogens (tertiary/aromatic N) is 1. The summed E-state index contributed by atoms with van der Waals surface area (Å²) in [6.07, 6.45) is 0. The van der Waals surface area contributed by atoms with Gasteiger partial charge < -0.3 is 10.1 Å². The third-order valence-electron chi connectivity index (χ3n) is 2.64. The highest BCUT2D eigenvalue weighted by Gasteiger charge is 2.08. The van der Waals surface area contributed by atoms with Crippen LogP contribution < -0.4 is 10.1 Å². The highest BCUT2D eigenvalue weighted by molar-refractivity contribution is 7.93. The quantitative estimate of drug-likeness (QED) is 0.521. The Labute approximate surface area is 125 Å². The molecule has 0 aliphatic carbocycles. The number of hydrogen-bond donors (Lipinski definition) is 1. The molecule has 0 atom stereocenters. The Morgan fingerprint density at radius 1 is 1.14 bits per heavy atom. The second kappa shape index (κ2) is 6.76. The van der Waals surface area contributed by atoms with Crippen LogP contribution >= 0.6 is 11.9 Å². The lowest BCUT2D eigenvalue weighted by atomic mass is 10.2. The molecule has 7 heteroatoms. The molecule has 0 heterocycles. The van der Waals surface area contributed by atoms with Gasteiger partial charge in [0.25, 0.3) is 17.9 Å². The lowest BCUT2D eigenvalue weighted by molar-refractivity contribution is -0.284. The summed E-state index contributed by atoms with van der Waals surface area (Å²) in [5.41, 5.74) is 1.07. The molecule has 2 rings (SSSR count). The maximum Gasteiger partial charge on any atom is 0.265 e. The van der Waals surface area contributed by atoms with Crippen molar-refractivity contribution in [1.29, 1.82) is 0 Å². The van der Waals surface area contributed by atoms with Gasteiger partial charge in [-0.3, -0.25) is 14.9 Å². The second-order valence-corrected chi connectivity index (χ2v) is 4.97. The first kappa shape index (κ1) is 14.9. The van der Waals surface area contributed by atoms with Gasteiger partial charge in [-0.05, 0) is 48.5 Å². The first-order valence-electron chi connectivity index (χ1n) is 5.96. The normalized spacial score (nSPS) is 9.95. The molecule has 6 nitrogen and oxygen atoms in total. The van der Waals surface area contributed by atoms with Gasteiger partial charge in [-0.15, -0.1) is 0 Å². The molecule has 0 aromatic heterocycles. The number of methoxy groups -OCH3 is 1. The van der Waals surface area contributed by atoms with Crippen LogP contribution in [0.3, 0.4) is 0 Å². The summed E-state index contributed by atoms with van der Waals surface area (Å²) in [4.78, 5) is 22.9. The van der Waals surface area contributed by atoms with Crippen LogP contribution in [0.4, 0.5) is 5.69 Å². The largest absolute Gasteiger partial charge is 0.497 e. The molecule has 0 fully saturated rings. The Bertz CT molecular complexity index is 641. The Morgan fingerprint density at radius 2 is 1.76 bits per heavy atom. The summed E-state index contributed by atoms with van der Waals surface area (Å²) in [7, 11) is 1.56. The minimum atomic E-state index is -0.481. The predicted octanol–water partition coefficient (Wildman–Crippen LogP) is 3.23. The number of hydrogen-bond acceptors (Lipinski definition) is 5. The first-order chi connectivity index (χ1) is 10.1. The standard InChI is InChI=1S/C14H12N2O4S/c1-20-12-6-2-10(3-7-12)14(17)15-11-4-8-13(9-5-11)21-16(18)19/h2-9H,1H3,(H,15,17). The Balaban J connectivity index is 2.03. The van der Waals surface area contributed by atoms with Gasteiger partial charge in [-0.25, -0.2) is 0 Å². The van der Waals surface area contributed by atoms with E-state index in [1.807, 2.05) is 0 Å². The Hall–Kier alpha value is -2.54. The number of anilines is 1. The number of nitro groups is 1. The highest BCUT2D eigenvalue weighted by Crippen LogP contribution is 2.21. The van der Waals surface area contributed by atoms with Crippen LogP contribution in [0.5, 0.6) is 5.75 Å². The third-order valence-corrected chi connectivity index (χ3v) is 3.28. The summed E-state index contributed by atoms with van der Waals surface area (Å²) in [5, 5.41) is 13.1. The first-order valence-corrected chi connectivity index (χ1v) is 6.73. The van der Waals surface area contributed by atoms with E-state index in [0.717, 1.165) is 0 Å². The van der Waals surface area contributed by atoms with Crippen molar-refractivity contribution in [2.24, 2.45) is 0 Å². The van der Waals surface area contributed by atoms with Gasteiger partial charge >= 0.3 is 0 Å². The summed E-state index contributed by atoms with van der Waals surface area (Å²) in [5.74, 6) is 0.417. The topological polar surface area (TPSA) is 81.5 Å². The van der Waals surface area contributed by atoms with E-state index in [1.165, 1.54) is 0 Å². The van der Waals surface area contributed by atoms with Crippen molar-refractivity contribution >= 4 is 23.5 Å². The molecular weight excluding hydrogens is 292 g/mol. The van der Waals surface area contributed by atoms with Gasteiger partial charge in [0, 0.05) is 11.3 Å². The molecule has 0 unspecified atom stereocenters. The highest BCUT2D eigenvalue weighted by atomic mass is 32.2. The number of carbonyl (C=O) groups excluding carboxylic acids is 1. The Morgan fingerprint density at radius 3 is 2.29 bits per heavy atom. The number of nitrogens with one attached hydrogen (secondary N) is 1. The zero-order chi connectivity index (χ0) is 15.2. The zero-order valence-corrected chi connectivity index (χ0v) is 11.9. The molecule has 0 aliphatic heterocycles. The molecule has 0 aliphatic rings. The molecule has 108 valence electrons. The number of ether oxygens (including phenoxy) is 1. The number of amides is 1. The van der Waals surface area contributed by atoms with Crippen LogP contribution in [-0.4, -0.2) is 17.3 Å². The van der Waals surface area contributed by atoms with E-state index in [4.69, 9.17) is 4.74 Å². The molecule has 0 bridgehead atoms. The fourth-order valence-corrected chi connectivity index (χ4v) is 2.06. The lowest BCUT2D eigenvalue weighted by Crippen LogP contribution is -2.11. The molecule has 0 saturated carbocycles. The molecule has 0 spiro atoms. The second-order valence-electron chi connectivity index (χ2n) is 4.02. The van der Waals surface area contributed by atoms with E-state index in [9.17, 15) is 14.9 Å². The molecule has 21 heavy (non-hydrogen) atoms. The van der Waals surface area contributed by atoms with Crippen molar-refractivity contribution in [3.63, 3.8) is 0 Å². The average molecular weight is 304 g/mol. The van der Waals surface area contributed by atoms with Crippen molar-refractivity contribution in [3.05, 3.63) is 64.2 Å². The van der Waals surface area contributed by atoms with Crippen LogP contribution in [0, 0.1) is 10.1 Å². The van der Waals surface area contributed by atoms with E-state index in [1.54, 1.807) is 55.6 Å². The fourth-order valence-electron chi connectivity index (χ4n) is 1.63. The van der Waals surface area contributed by atoms with Crippen molar-refractivity contribution in [3.8, 4) is 5.75 Å². The summed E-state index contributed by atoms with van der Waals surface area (Å²) >= 11 is 0.522. The molecule has 2 aromatic rings. The van der Waals surface area contributed by atoms with Crippen LogP contribution in [0.15, 0.2) is 53.4 Å². The van der Waals surface area contributed by atoms with Crippen LogP contribution in [0.25, 0.3) is 0 Å². The molecule has 0 saturated heterocycles. The average Bonchev–Trinajstić information content (AvgIpc) is 2.49. The van der Waals surface area contributed by atoms with E-state index < -0.39 is 4.33 Å². The van der Waals surface area contributed by atoms with Crippen LogP contribution in [0.1, 0.15) is 10.4 Å². The van der Waals surface area contributed by atoms with Crippen LogP contribution in [-0.2, 0) is 0 Å². The van der Waals surface area contributed by atoms with Crippen LogP contribution in [0.2, 0.25) is 0 Å². The van der Waals surface area contributed by atoms with Gasteiger partial charge in [0.1, 0.15) is 10.1 Å². The van der Waals surface area contributed by atoms with E-state index in [-0.39, 0.29) is 5.91 Å². The van der Waals surface area contributed by atoms with Crippen molar-refractivity contribution in [1.82, 2.24) is 0 Å². The van der Waals surface area contributed by atoms with E-state index in [2.05, 4.69) is 5.32 Å². The van der Waals surface area contributed by atoms with Crippen molar-refractivity contribution < 1.29 is 13.9 Å². The fraction of sp³-hybridized carbons (Fsp3) is 0.0714. The molecule has 0 radical (unpaired) electrons. The lowest BCUT2D eigenvalue weighted by Gasteiger charge is -2.06. The minimum absolute atomic E-state index is 0.257. The van der Waals surface area contributed by atoms with Crippen molar-refractivity contribution in [2.75, 3.05) is 12.4 Å². The maximum atomic E-state index is 12.0. The summed E-state index contributed by atoms with van der Waals surface area (Å²) < 4.78 is 4.54. The number of benzene rings is 2. The van der Waals surface area contributed by atoms with E-state index in [0.29, 0.717) is 33.8 Å². The maximum absolute atomic E-state index is 12.0. The molecule has 1 amide bonds. The molecular formula is C14H12N2O4S. The molecule has 1 N–H and O–H groups in total. The van der Waals surface area contributed by atoms with Gasteiger partial charge in [-0.1, -0.05) is 0 Å². The SMILES string of the molecule is COc1ccc(C(=O)Nc2ccc(S[N+](=O)[O-])cc2)cc1. The van der Waals surface area contributed by atoms with Crippen molar-refractivity contribution in [2.45, 2.75) is 4.90 Å².